The van der Waals surface area contributed by atoms with E-state index in [1.165, 1.54) is 38.6 Å². The third kappa shape index (κ3) is 6.25. The molecule has 2 aromatic rings. The maximum absolute atomic E-state index is 8.06. The van der Waals surface area contributed by atoms with Gasteiger partial charge in [0.05, 0.1) is 0 Å². The summed E-state index contributed by atoms with van der Waals surface area (Å²) in [4.78, 5) is 0. The van der Waals surface area contributed by atoms with Crippen molar-refractivity contribution in [3.05, 3.63) is 64.7 Å². The predicted octanol–water partition coefficient (Wildman–Crippen LogP) is 6.63. The van der Waals surface area contributed by atoms with Crippen molar-refractivity contribution in [3.8, 4) is 0 Å². The summed E-state index contributed by atoms with van der Waals surface area (Å²) < 4.78 is 0. The minimum Gasteiger partial charge on any atom is -0.394 e. The van der Waals surface area contributed by atoms with Crippen LogP contribution in [0.3, 0.4) is 0 Å². The van der Waals surface area contributed by atoms with Gasteiger partial charge in [-0.15, -0.1) is 60.0 Å². The van der Waals surface area contributed by atoms with Gasteiger partial charge < -0.3 is 5.11 Å². The van der Waals surface area contributed by atoms with Gasteiger partial charge >= 0.3 is 0 Å². The minimum atomic E-state index is -0.167. The van der Waals surface area contributed by atoms with Crippen LogP contribution in [0.4, 0.5) is 0 Å². The van der Waals surface area contributed by atoms with Gasteiger partial charge in [0.15, 0.2) is 0 Å². The van der Waals surface area contributed by atoms with E-state index >= 15 is 0 Å². The third-order valence-electron chi connectivity index (χ3n) is 4.59. The molecule has 0 heterocycles. The summed E-state index contributed by atoms with van der Waals surface area (Å²) in [6.45, 7) is 12.5. The number of hydrogen-bond acceptors (Lipinski definition) is 1. The summed E-state index contributed by atoms with van der Waals surface area (Å²) >= 11 is 0. The van der Waals surface area contributed by atoms with Gasteiger partial charge in [0.25, 0.3) is 0 Å². The Hall–Kier alpha value is -0.566. The fraction of sp³-hybridized carbons (Fsp3) is 0.364. The number of allylic oxidation sites excluding steroid dienone is 4. The molecule has 1 N–H and O–H groups in total. The number of halogens is 2. The van der Waals surface area contributed by atoms with Gasteiger partial charge in [-0.1, -0.05) is 52.8 Å². The predicted molar refractivity (Wildman–Crippen MR) is 115 cm³/mol. The van der Waals surface area contributed by atoms with Gasteiger partial charge in [-0.2, -0.15) is 0 Å². The second kappa shape index (κ2) is 12.0. The number of aliphatic hydroxyl groups is 1. The van der Waals surface area contributed by atoms with Crippen molar-refractivity contribution >= 4 is 41.2 Å². The van der Waals surface area contributed by atoms with Crippen LogP contribution in [0.2, 0.25) is 0 Å². The van der Waals surface area contributed by atoms with E-state index in [2.05, 4.69) is 70.2 Å². The van der Waals surface area contributed by atoms with Crippen LogP contribution in [0.5, 0.6) is 0 Å². The Morgan fingerprint density at radius 3 is 1.96 bits per heavy atom. The molecule has 142 valence electrons. The van der Waals surface area contributed by atoms with E-state index in [-0.39, 0.29) is 52.6 Å². The molecule has 1 atom stereocenters. The maximum Gasteiger partial charge on any atom is 0.0483 e. The van der Waals surface area contributed by atoms with E-state index in [0.717, 1.165) is 0 Å². The molecule has 1 nitrogen and oxygen atoms in total. The smallest absolute Gasteiger partial charge is 0.0483 e. The minimum absolute atomic E-state index is 0. The molecule has 0 bridgehead atoms. The molecule has 1 aliphatic carbocycles. The van der Waals surface area contributed by atoms with Crippen LogP contribution in [-0.4, -0.2) is 11.2 Å². The maximum atomic E-state index is 8.06. The van der Waals surface area contributed by atoms with E-state index in [4.69, 9.17) is 5.11 Å². The molecule has 3 rings (SSSR count). The second-order valence-corrected chi connectivity index (χ2v) is 6.62. The average molecular weight is 428 g/mol. The monoisotopic (exact) mass is 427 g/mol. The van der Waals surface area contributed by atoms with Crippen LogP contribution in [0.25, 0.3) is 16.3 Å². The molecule has 1 unspecified atom stereocenters. The van der Waals surface area contributed by atoms with Gasteiger partial charge in [-0.25, -0.2) is 0 Å². The quantitative estimate of drug-likeness (QED) is 0.400. The van der Waals surface area contributed by atoms with E-state index in [9.17, 15) is 0 Å². The number of fused-ring (bicyclic) bond motifs is 1. The first kappa shape index (κ1) is 27.7. The van der Waals surface area contributed by atoms with Crippen LogP contribution >= 0.6 is 24.8 Å². The van der Waals surface area contributed by atoms with E-state index < -0.39 is 0 Å². The molecular weight excluding hydrogens is 399 g/mol. The number of aliphatic hydroxyl groups excluding tert-OH is 1. The molecule has 0 aromatic heterocycles. The third-order valence-corrected chi connectivity index (χ3v) is 4.59. The van der Waals surface area contributed by atoms with Gasteiger partial charge in [-0.3, -0.25) is 0 Å². The summed E-state index contributed by atoms with van der Waals surface area (Å²) in [5.41, 5.74) is 7.07. The molecule has 1 aliphatic rings. The van der Waals surface area contributed by atoms with E-state index in [0.29, 0.717) is 5.92 Å². The number of rotatable bonds is 1. The molecule has 0 fully saturated rings. The van der Waals surface area contributed by atoms with Crippen molar-refractivity contribution in [2.24, 2.45) is 5.92 Å². The Bertz CT molecular complexity index is 776. The van der Waals surface area contributed by atoms with Crippen molar-refractivity contribution in [3.63, 3.8) is 0 Å². The van der Waals surface area contributed by atoms with Crippen molar-refractivity contribution in [1.29, 1.82) is 0 Å². The summed E-state index contributed by atoms with van der Waals surface area (Å²) in [6, 6.07) is 16.4. The molecule has 26 heavy (non-hydrogen) atoms. The largest absolute Gasteiger partial charge is 0.394 e. The standard InChI is InChI=1S/C19H19.C3H8O.2ClH.Ti/c1-12-13(2)15(4)19(14(12)3)18-10-9-16-7-5-6-8-17(16)11-18;1-3(2)4;;;/h5-10,14H,1-4H3;3-4H,1-2H3;2*1H;/q-1;;;;. The average Bonchev–Trinajstić information content (AvgIpc) is 2.70. The second-order valence-electron chi connectivity index (χ2n) is 6.62. The number of hydrogen-bond donors (Lipinski definition) is 1. The van der Waals surface area contributed by atoms with Gasteiger partial charge in [0.2, 0.25) is 0 Å². The van der Waals surface area contributed by atoms with Crippen molar-refractivity contribution in [2.75, 3.05) is 0 Å². The molecule has 0 saturated carbocycles. The molecule has 4 heteroatoms. The molecule has 0 saturated heterocycles. The molecular formula is C22H29Cl2OTi-. The zero-order chi connectivity index (χ0) is 17.1. The fourth-order valence-electron chi connectivity index (χ4n) is 3.07. The fourth-order valence-corrected chi connectivity index (χ4v) is 3.07. The molecule has 0 aliphatic heterocycles. The topological polar surface area (TPSA) is 20.2 Å². The number of benzene rings is 2. The molecule has 2 aromatic carbocycles. The normalized spacial score (nSPS) is 15.8. The first-order chi connectivity index (χ1) is 10.8. The van der Waals surface area contributed by atoms with Crippen LogP contribution in [0.1, 0.15) is 47.1 Å². The van der Waals surface area contributed by atoms with Crippen LogP contribution in [0, 0.1) is 12.0 Å². The first-order valence-corrected chi connectivity index (χ1v) is 8.31. The summed E-state index contributed by atoms with van der Waals surface area (Å²) in [7, 11) is 0. The van der Waals surface area contributed by atoms with Gasteiger partial charge in [0.1, 0.15) is 0 Å². The molecule has 0 radical (unpaired) electrons. The zero-order valence-electron chi connectivity index (χ0n) is 16.4. The van der Waals surface area contributed by atoms with Crippen molar-refractivity contribution < 1.29 is 26.8 Å². The van der Waals surface area contributed by atoms with E-state index in [1.54, 1.807) is 13.8 Å². The van der Waals surface area contributed by atoms with Crippen LogP contribution in [0.15, 0.2) is 53.1 Å². The zero-order valence-corrected chi connectivity index (χ0v) is 19.6. The summed E-state index contributed by atoms with van der Waals surface area (Å²) in [6.07, 6.45) is -0.167. The van der Waals surface area contributed by atoms with Gasteiger partial charge in [0, 0.05) is 27.8 Å². The molecule has 0 spiro atoms. The Labute approximate surface area is 185 Å². The Balaban J connectivity index is 0. The Morgan fingerprint density at radius 2 is 1.46 bits per heavy atom. The Morgan fingerprint density at radius 1 is 0.923 bits per heavy atom. The van der Waals surface area contributed by atoms with E-state index in [1.807, 2.05) is 0 Å². The summed E-state index contributed by atoms with van der Waals surface area (Å²) in [5, 5.41) is 10.5. The van der Waals surface area contributed by atoms with Crippen LogP contribution < -0.4 is 0 Å². The SMILES string of the molecule is CC(C)O.CC1=C(C)C(C)C(c2[c-]c3ccccc3cc2)=C1C.Cl.Cl.[Ti]. The molecule has 0 amide bonds. The van der Waals surface area contributed by atoms with Crippen molar-refractivity contribution in [2.45, 2.75) is 47.6 Å². The first-order valence-electron chi connectivity index (χ1n) is 8.31. The summed E-state index contributed by atoms with van der Waals surface area (Å²) in [5.74, 6) is 0.511. The van der Waals surface area contributed by atoms with Crippen LogP contribution in [-0.2, 0) is 21.7 Å². The van der Waals surface area contributed by atoms with Gasteiger partial charge in [-0.05, 0) is 40.5 Å². The van der Waals surface area contributed by atoms with Crippen molar-refractivity contribution in [1.82, 2.24) is 0 Å². The Kier molecular flexibility index (Phi) is 12.8.